The molecular formula is C17H17Cl2N3O3S2. The molecule has 0 atom stereocenters. The zero-order chi connectivity index (χ0) is 18.9. The van der Waals surface area contributed by atoms with E-state index in [-0.39, 0.29) is 28.1 Å². The second-order valence-corrected chi connectivity index (χ2v) is 8.54. The summed E-state index contributed by atoms with van der Waals surface area (Å²) in [5.41, 5.74) is 2.24. The van der Waals surface area contributed by atoms with Gasteiger partial charge in [0, 0.05) is 18.0 Å². The monoisotopic (exact) mass is 445 g/mol. The summed E-state index contributed by atoms with van der Waals surface area (Å²) in [5, 5.41) is 11.4. The van der Waals surface area contributed by atoms with Crippen LogP contribution < -0.4 is 9.52 Å². The lowest BCUT2D eigenvalue weighted by atomic mass is 10.2. The number of rotatable bonds is 4. The lowest BCUT2D eigenvalue weighted by Crippen LogP contribution is -2.19. The van der Waals surface area contributed by atoms with Crippen LogP contribution in [0.2, 0.25) is 5.02 Å². The summed E-state index contributed by atoms with van der Waals surface area (Å²) < 4.78 is 28.4. The van der Waals surface area contributed by atoms with Crippen molar-refractivity contribution in [2.45, 2.75) is 4.90 Å². The predicted octanol–water partition coefficient (Wildman–Crippen LogP) is 3.67. The summed E-state index contributed by atoms with van der Waals surface area (Å²) in [6.07, 6.45) is 0. The Morgan fingerprint density at radius 1 is 1.19 bits per heavy atom. The number of halogens is 2. The Morgan fingerprint density at radius 3 is 2.48 bits per heavy atom. The molecule has 0 spiro atoms. The summed E-state index contributed by atoms with van der Waals surface area (Å²) in [5.74, 6) is 0.180. The molecule has 0 unspecified atom stereocenters. The zero-order valence-electron chi connectivity index (χ0n) is 14.4. The highest BCUT2D eigenvalue weighted by atomic mass is 35.5. The average Bonchev–Trinajstić information content (AvgIpc) is 2.98. The molecule has 3 aromatic rings. The number of nitrogens with zero attached hydrogens (tertiary/aromatic N) is 2. The maximum atomic E-state index is 12.1. The van der Waals surface area contributed by atoms with Crippen molar-refractivity contribution in [3.8, 4) is 17.0 Å². The first-order chi connectivity index (χ1) is 12.3. The van der Waals surface area contributed by atoms with Gasteiger partial charge in [0.05, 0.1) is 16.4 Å². The minimum Gasteiger partial charge on any atom is -0.508 e. The van der Waals surface area contributed by atoms with Gasteiger partial charge in [-0.25, -0.2) is 18.1 Å². The van der Waals surface area contributed by atoms with Crippen molar-refractivity contribution in [1.29, 1.82) is 0 Å². The number of hydrogen-bond donors (Lipinski definition) is 2. The first-order valence-corrected chi connectivity index (χ1v) is 10.3. The van der Waals surface area contributed by atoms with Gasteiger partial charge in [0.15, 0.2) is 4.80 Å². The lowest BCUT2D eigenvalue weighted by molar-refractivity contribution is 0.475. The van der Waals surface area contributed by atoms with Gasteiger partial charge in [-0.15, -0.1) is 23.7 Å². The van der Waals surface area contributed by atoms with Crippen molar-refractivity contribution in [3.05, 3.63) is 57.7 Å². The molecule has 0 saturated carbocycles. The predicted molar refractivity (Wildman–Crippen MR) is 111 cm³/mol. The highest BCUT2D eigenvalue weighted by molar-refractivity contribution is 7.89. The fourth-order valence-electron chi connectivity index (χ4n) is 2.35. The number of thiazole rings is 1. The van der Waals surface area contributed by atoms with Gasteiger partial charge in [0.25, 0.3) is 0 Å². The zero-order valence-corrected chi connectivity index (χ0v) is 17.6. The third-order valence-electron chi connectivity index (χ3n) is 3.78. The van der Waals surface area contributed by atoms with Gasteiger partial charge in [0.1, 0.15) is 10.6 Å². The molecule has 0 aliphatic rings. The molecule has 0 bridgehead atoms. The van der Waals surface area contributed by atoms with E-state index in [0.717, 1.165) is 10.5 Å². The van der Waals surface area contributed by atoms with Crippen molar-refractivity contribution in [1.82, 2.24) is 9.29 Å². The molecule has 0 fully saturated rings. The largest absolute Gasteiger partial charge is 0.508 e. The number of benzene rings is 2. The lowest BCUT2D eigenvalue weighted by Gasteiger charge is -2.08. The van der Waals surface area contributed by atoms with Crippen molar-refractivity contribution < 1.29 is 13.5 Å². The topological polar surface area (TPSA) is 83.7 Å². The fourth-order valence-corrected chi connectivity index (χ4v) is 4.52. The van der Waals surface area contributed by atoms with E-state index in [1.54, 1.807) is 42.5 Å². The highest BCUT2D eigenvalue weighted by Crippen LogP contribution is 2.28. The molecule has 0 saturated heterocycles. The molecule has 2 aromatic carbocycles. The number of phenolic OH excluding ortho intramolecular Hbond substituents is 1. The number of phenols is 1. The second-order valence-electron chi connectivity index (χ2n) is 5.44. The van der Waals surface area contributed by atoms with Crippen LogP contribution in [0.15, 0.2) is 57.7 Å². The van der Waals surface area contributed by atoms with Gasteiger partial charge in [-0.1, -0.05) is 17.7 Å². The summed E-state index contributed by atoms with van der Waals surface area (Å²) in [7, 11) is -0.455. The summed E-state index contributed by atoms with van der Waals surface area (Å²) >= 11 is 7.48. The van der Waals surface area contributed by atoms with Crippen LogP contribution in [0.1, 0.15) is 0 Å². The van der Waals surface area contributed by atoms with E-state index in [1.165, 1.54) is 18.4 Å². The van der Waals surface area contributed by atoms with Gasteiger partial charge in [-0.2, -0.15) is 0 Å². The Kier molecular flexibility index (Phi) is 6.72. The van der Waals surface area contributed by atoms with Crippen LogP contribution in [0.25, 0.3) is 11.3 Å². The first-order valence-electron chi connectivity index (χ1n) is 7.53. The highest BCUT2D eigenvalue weighted by Gasteiger charge is 2.17. The Balaban J connectivity index is 0.00000261. The molecule has 2 N–H and O–H groups in total. The van der Waals surface area contributed by atoms with Gasteiger partial charge >= 0.3 is 0 Å². The normalized spacial score (nSPS) is 12.0. The van der Waals surface area contributed by atoms with Crippen molar-refractivity contribution >= 4 is 51.1 Å². The molecular weight excluding hydrogens is 429 g/mol. The van der Waals surface area contributed by atoms with E-state index in [0.29, 0.717) is 11.3 Å². The first kappa shape index (κ1) is 21.5. The number of nitrogens with one attached hydrogen (secondary N) is 1. The summed E-state index contributed by atoms with van der Waals surface area (Å²) in [6, 6.07) is 11.5. The smallest absolute Gasteiger partial charge is 0.241 e. The van der Waals surface area contributed by atoms with Crippen molar-refractivity contribution in [2.24, 2.45) is 12.0 Å². The molecule has 6 nitrogen and oxygen atoms in total. The van der Waals surface area contributed by atoms with Crippen LogP contribution in [0.5, 0.6) is 5.75 Å². The van der Waals surface area contributed by atoms with Gasteiger partial charge in [-0.05, 0) is 43.4 Å². The molecule has 144 valence electrons. The van der Waals surface area contributed by atoms with Crippen LogP contribution in [0.4, 0.5) is 5.69 Å². The average molecular weight is 446 g/mol. The van der Waals surface area contributed by atoms with E-state index < -0.39 is 10.0 Å². The third kappa shape index (κ3) is 4.53. The fraction of sp³-hybridized carbons (Fsp3) is 0.118. The number of hydrogen-bond acceptors (Lipinski definition) is 5. The SMILES string of the molecule is CNS(=O)(=O)c1cc(-c2csc(=Nc3ccc(O)cc3)n2C)ccc1Cl.Cl. The summed E-state index contributed by atoms with van der Waals surface area (Å²) in [6.45, 7) is 0. The van der Waals surface area contributed by atoms with E-state index in [2.05, 4.69) is 9.71 Å². The Labute approximate surface area is 172 Å². The van der Waals surface area contributed by atoms with Crippen LogP contribution >= 0.6 is 35.3 Å². The van der Waals surface area contributed by atoms with Crippen molar-refractivity contribution in [3.63, 3.8) is 0 Å². The molecule has 0 aliphatic heterocycles. The molecule has 10 heteroatoms. The van der Waals surface area contributed by atoms with E-state index in [1.807, 2.05) is 17.0 Å². The van der Waals surface area contributed by atoms with Crippen LogP contribution in [0, 0.1) is 0 Å². The van der Waals surface area contributed by atoms with Gasteiger partial charge in [0.2, 0.25) is 10.0 Å². The maximum Gasteiger partial charge on any atom is 0.241 e. The van der Waals surface area contributed by atoms with Crippen LogP contribution in [0.3, 0.4) is 0 Å². The minimum absolute atomic E-state index is 0. The number of sulfonamides is 1. The van der Waals surface area contributed by atoms with E-state index >= 15 is 0 Å². The quantitative estimate of drug-likeness (QED) is 0.642. The van der Waals surface area contributed by atoms with Crippen LogP contribution in [-0.2, 0) is 17.1 Å². The Morgan fingerprint density at radius 2 is 1.85 bits per heavy atom. The minimum atomic E-state index is -3.65. The standard InChI is InChI=1S/C17H16ClN3O3S2.ClH/c1-19-26(23,24)16-9-11(3-8-14(16)18)15-10-25-17(21(15)2)20-12-4-6-13(22)7-5-12;/h3-10,19,22H,1-2H3;1H. The molecule has 3 rings (SSSR count). The van der Waals surface area contributed by atoms with Gasteiger partial charge < -0.3 is 9.67 Å². The van der Waals surface area contributed by atoms with Gasteiger partial charge in [-0.3, -0.25) is 0 Å². The molecule has 0 aliphatic carbocycles. The number of aromatic nitrogens is 1. The van der Waals surface area contributed by atoms with E-state index in [9.17, 15) is 13.5 Å². The third-order valence-corrected chi connectivity index (χ3v) is 6.60. The van der Waals surface area contributed by atoms with E-state index in [4.69, 9.17) is 11.6 Å². The molecule has 0 radical (unpaired) electrons. The molecule has 27 heavy (non-hydrogen) atoms. The Bertz CT molecular complexity index is 1120. The van der Waals surface area contributed by atoms with Crippen LogP contribution in [-0.4, -0.2) is 25.1 Å². The summed E-state index contributed by atoms with van der Waals surface area (Å²) in [4.78, 5) is 5.31. The number of aromatic hydroxyl groups is 1. The molecule has 1 aromatic heterocycles. The molecule has 1 heterocycles. The Hall–Kier alpha value is -1.84. The van der Waals surface area contributed by atoms with Crippen molar-refractivity contribution in [2.75, 3.05) is 7.05 Å². The second kappa shape index (κ2) is 8.45. The maximum absolute atomic E-state index is 12.1. The molecule has 0 amide bonds.